The van der Waals surface area contributed by atoms with Crippen molar-refractivity contribution in [3.05, 3.63) is 69.8 Å². The first-order chi connectivity index (χ1) is 11.9. The standard InChI is InChI=1S/C22H27O3P/c1-14-10-8-11-15(2)18(14)20(23)26(25,22(5,6)7)21(24)19-16(3)12-9-13-17(19)4/h8-13H,1-7H3. The molecule has 2 aromatic rings. The van der Waals surface area contributed by atoms with Crippen LogP contribution < -0.4 is 0 Å². The van der Waals surface area contributed by atoms with Gasteiger partial charge in [-0.2, -0.15) is 0 Å². The highest BCUT2D eigenvalue weighted by Crippen LogP contribution is 2.62. The number of carbonyl (C=O) groups is 2. The van der Waals surface area contributed by atoms with E-state index in [-0.39, 0.29) is 0 Å². The number of benzene rings is 2. The minimum Gasteiger partial charge on any atom is -0.306 e. The van der Waals surface area contributed by atoms with Crippen molar-refractivity contribution >= 4 is 18.2 Å². The molecule has 2 rings (SSSR count). The van der Waals surface area contributed by atoms with Crippen molar-refractivity contribution in [3.8, 4) is 0 Å². The quantitative estimate of drug-likeness (QED) is 0.615. The lowest BCUT2D eigenvalue weighted by molar-refractivity contribution is 0.103. The fraction of sp³-hybridized carbons (Fsp3) is 0.364. The molecule has 0 heterocycles. The first-order valence-electron chi connectivity index (χ1n) is 8.75. The van der Waals surface area contributed by atoms with Gasteiger partial charge < -0.3 is 4.57 Å². The van der Waals surface area contributed by atoms with Crippen LogP contribution in [0.2, 0.25) is 0 Å². The van der Waals surface area contributed by atoms with E-state index < -0.39 is 23.3 Å². The average molecular weight is 370 g/mol. The molecule has 26 heavy (non-hydrogen) atoms. The van der Waals surface area contributed by atoms with E-state index in [9.17, 15) is 14.2 Å². The molecule has 0 N–H and O–H groups in total. The van der Waals surface area contributed by atoms with Crippen LogP contribution in [0.4, 0.5) is 0 Å². The second-order valence-corrected chi connectivity index (χ2v) is 11.3. The molecule has 0 unspecified atom stereocenters. The van der Waals surface area contributed by atoms with E-state index in [1.807, 2.05) is 64.1 Å². The maximum atomic E-state index is 14.1. The topological polar surface area (TPSA) is 51.2 Å². The summed E-state index contributed by atoms with van der Waals surface area (Å²) in [5.74, 6) is 0. The van der Waals surface area contributed by atoms with Crippen LogP contribution in [0.15, 0.2) is 36.4 Å². The van der Waals surface area contributed by atoms with Gasteiger partial charge in [0.25, 0.3) is 0 Å². The van der Waals surface area contributed by atoms with Crippen LogP contribution in [-0.2, 0) is 4.57 Å². The first kappa shape index (κ1) is 20.3. The fourth-order valence-electron chi connectivity index (χ4n) is 3.32. The summed E-state index contributed by atoms with van der Waals surface area (Å²) < 4.78 is 14.1. The van der Waals surface area contributed by atoms with Gasteiger partial charge in [0.2, 0.25) is 18.2 Å². The van der Waals surface area contributed by atoms with Crippen molar-refractivity contribution in [2.24, 2.45) is 0 Å². The van der Waals surface area contributed by atoms with Crippen LogP contribution >= 0.6 is 7.14 Å². The molecule has 0 aliphatic rings. The van der Waals surface area contributed by atoms with E-state index in [2.05, 4.69) is 0 Å². The Morgan fingerprint density at radius 1 is 0.692 bits per heavy atom. The predicted molar refractivity (Wildman–Crippen MR) is 108 cm³/mol. The van der Waals surface area contributed by atoms with Gasteiger partial charge in [-0.1, -0.05) is 57.2 Å². The largest absolute Gasteiger partial charge is 0.306 e. The van der Waals surface area contributed by atoms with E-state index in [1.54, 1.807) is 20.8 Å². The van der Waals surface area contributed by atoms with Crippen LogP contribution in [0.3, 0.4) is 0 Å². The summed E-state index contributed by atoms with van der Waals surface area (Å²) >= 11 is 0. The van der Waals surface area contributed by atoms with E-state index in [4.69, 9.17) is 0 Å². The SMILES string of the molecule is Cc1cccc(C)c1C(=O)P(=O)(C(=O)c1c(C)cccc1C)C(C)(C)C. The van der Waals surface area contributed by atoms with Gasteiger partial charge in [0.05, 0.1) is 0 Å². The molecule has 0 amide bonds. The van der Waals surface area contributed by atoms with Gasteiger partial charge in [0.15, 0.2) is 0 Å². The van der Waals surface area contributed by atoms with Crippen LogP contribution in [-0.4, -0.2) is 16.2 Å². The third-order valence-corrected chi connectivity index (χ3v) is 8.39. The zero-order valence-corrected chi connectivity index (χ0v) is 17.5. The van der Waals surface area contributed by atoms with Crippen LogP contribution in [0.1, 0.15) is 63.7 Å². The normalized spacial score (nSPS) is 12.1. The van der Waals surface area contributed by atoms with Crippen LogP contribution in [0, 0.1) is 27.7 Å². The molecule has 0 spiro atoms. The molecular weight excluding hydrogens is 343 g/mol. The molecule has 2 aromatic carbocycles. The third-order valence-electron chi connectivity index (χ3n) is 4.91. The third kappa shape index (κ3) is 3.21. The number of hydrogen-bond donors (Lipinski definition) is 0. The van der Waals surface area contributed by atoms with Gasteiger partial charge in [0.1, 0.15) is 0 Å². The van der Waals surface area contributed by atoms with Gasteiger partial charge in [0, 0.05) is 16.3 Å². The van der Waals surface area contributed by atoms with Gasteiger partial charge in [-0.25, -0.2) is 0 Å². The smallest absolute Gasteiger partial charge is 0.229 e. The lowest BCUT2D eigenvalue weighted by Crippen LogP contribution is -2.28. The van der Waals surface area contributed by atoms with E-state index in [0.29, 0.717) is 11.1 Å². The monoisotopic (exact) mass is 370 g/mol. The molecule has 3 nitrogen and oxygen atoms in total. The van der Waals surface area contributed by atoms with Crippen molar-refractivity contribution in [1.29, 1.82) is 0 Å². The Balaban J connectivity index is 2.77. The summed E-state index contributed by atoms with van der Waals surface area (Å²) in [4.78, 5) is 27.0. The lowest BCUT2D eigenvalue weighted by atomic mass is 10.0. The molecule has 0 saturated heterocycles. The zero-order chi connectivity index (χ0) is 19.9. The second-order valence-electron chi connectivity index (χ2n) is 7.92. The van der Waals surface area contributed by atoms with E-state index in [0.717, 1.165) is 22.3 Å². The highest BCUT2D eigenvalue weighted by atomic mass is 31.2. The highest BCUT2D eigenvalue weighted by molar-refractivity contribution is 7.96. The Labute approximate surface area is 156 Å². The van der Waals surface area contributed by atoms with E-state index in [1.165, 1.54) is 0 Å². The van der Waals surface area contributed by atoms with Gasteiger partial charge in [-0.15, -0.1) is 0 Å². The number of carbonyl (C=O) groups excluding carboxylic acids is 2. The number of rotatable bonds is 4. The van der Waals surface area contributed by atoms with Crippen molar-refractivity contribution in [1.82, 2.24) is 0 Å². The Bertz CT molecular complexity index is 825. The summed E-state index contributed by atoms with van der Waals surface area (Å²) in [6.45, 7) is 12.4. The van der Waals surface area contributed by atoms with E-state index >= 15 is 0 Å². The average Bonchev–Trinajstić information content (AvgIpc) is 2.52. The molecule has 0 bridgehead atoms. The van der Waals surface area contributed by atoms with Crippen LogP contribution in [0.5, 0.6) is 0 Å². The lowest BCUT2D eigenvalue weighted by Gasteiger charge is -2.30. The minimum absolute atomic E-state index is 0.408. The minimum atomic E-state index is -3.91. The second kappa shape index (κ2) is 6.96. The Morgan fingerprint density at radius 2 is 0.962 bits per heavy atom. The van der Waals surface area contributed by atoms with Crippen molar-refractivity contribution < 1.29 is 14.2 Å². The first-order valence-corrected chi connectivity index (χ1v) is 10.5. The summed E-state index contributed by atoms with van der Waals surface area (Å²) in [7, 11) is -3.91. The maximum Gasteiger partial charge on any atom is 0.229 e. The van der Waals surface area contributed by atoms with Crippen molar-refractivity contribution in [2.45, 2.75) is 53.6 Å². The summed E-state index contributed by atoms with van der Waals surface area (Å²) in [5, 5.41) is -0.968. The number of hydrogen-bond acceptors (Lipinski definition) is 3. The molecule has 0 aliphatic carbocycles. The molecule has 138 valence electrons. The molecule has 4 heteroatoms. The Morgan fingerprint density at radius 3 is 1.19 bits per heavy atom. The van der Waals surface area contributed by atoms with Gasteiger partial charge >= 0.3 is 0 Å². The molecule has 0 atom stereocenters. The summed E-state index contributed by atoms with van der Waals surface area (Å²) in [6.07, 6.45) is 0. The highest BCUT2D eigenvalue weighted by Gasteiger charge is 2.51. The van der Waals surface area contributed by atoms with Crippen LogP contribution in [0.25, 0.3) is 0 Å². The molecular formula is C22H27O3P. The summed E-state index contributed by atoms with van der Waals surface area (Å²) in [5.41, 5.74) is 2.72. The molecule has 0 saturated carbocycles. The van der Waals surface area contributed by atoms with Crippen molar-refractivity contribution in [3.63, 3.8) is 0 Å². The Hall–Kier alpha value is -1.99. The number of aryl methyl sites for hydroxylation is 4. The molecule has 0 radical (unpaired) electrons. The van der Waals surface area contributed by atoms with Gasteiger partial charge in [-0.3, -0.25) is 9.59 Å². The van der Waals surface area contributed by atoms with Gasteiger partial charge in [-0.05, 0) is 49.9 Å². The maximum absolute atomic E-state index is 14.1. The van der Waals surface area contributed by atoms with Crippen molar-refractivity contribution in [2.75, 3.05) is 0 Å². The Kier molecular flexibility index (Phi) is 5.44. The molecule has 0 aliphatic heterocycles. The predicted octanol–water partition coefficient (Wildman–Crippen LogP) is 6.06. The molecule has 0 aromatic heterocycles. The molecule has 0 fully saturated rings. The zero-order valence-electron chi connectivity index (χ0n) is 16.6. The fourth-order valence-corrected chi connectivity index (χ4v) is 6.06. The summed E-state index contributed by atoms with van der Waals surface area (Å²) in [6, 6.07) is 11.0.